The molecule has 0 aromatic carbocycles. The number of hydrogen-bond donors (Lipinski definition) is 0. The Hall–Kier alpha value is -1.63. The fourth-order valence-electron chi connectivity index (χ4n) is 1.66. The molecule has 2 aromatic heterocycles. The number of halogens is 4. The number of pyridine rings is 2. The molecule has 0 saturated carbocycles. The standard InChI is InChI=1S/C12H8BrF3N2O/c13-9-4-8(5-17-6-9)7-18-10(12(14,15)16)2-1-3-11(18)19/h1-6H,7H2. The van der Waals surface area contributed by atoms with Crippen molar-refractivity contribution in [2.75, 3.05) is 0 Å². The highest BCUT2D eigenvalue weighted by Gasteiger charge is 2.34. The number of nitrogens with zero attached hydrogens (tertiary/aromatic N) is 2. The van der Waals surface area contributed by atoms with E-state index in [1.807, 2.05) is 0 Å². The molecule has 0 radical (unpaired) electrons. The Kier molecular flexibility index (Phi) is 3.75. The number of rotatable bonds is 2. The van der Waals surface area contributed by atoms with Crippen molar-refractivity contribution in [3.05, 3.63) is 62.7 Å². The summed E-state index contributed by atoms with van der Waals surface area (Å²) in [4.78, 5) is 15.5. The van der Waals surface area contributed by atoms with Crippen LogP contribution in [0.15, 0.2) is 45.9 Å². The van der Waals surface area contributed by atoms with Gasteiger partial charge < -0.3 is 0 Å². The smallest absolute Gasteiger partial charge is 0.300 e. The Morgan fingerprint density at radius 3 is 2.63 bits per heavy atom. The zero-order chi connectivity index (χ0) is 14.0. The lowest BCUT2D eigenvalue weighted by atomic mass is 10.2. The van der Waals surface area contributed by atoms with E-state index < -0.39 is 17.4 Å². The van der Waals surface area contributed by atoms with E-state index in [4.69, 9.17) is 0 Å². The fourth-order valence-corrected chi connectivity index (χ4v) is 2.07. The van der Waals surface area contributed by atoms with Gasteiger partial charge in [-0.15, -0.1) is 0 Å². The zero-order valence-corrected chi connectivity index (χ0v) is 11.1. The summed E-state index contributed by atoms with van der Waals surface area (Å²) in [6.07, 6.45) is -1.63. The third-order valence-corrected chi connectivity index (χ3v) is 2.88. The summed E-state index contributed by atoms with van der Waals surface area (Å²) >= 11 is 3.18. The van der Waals surface area contributed by atoms with Gasteiger partial charge in [0.25, 0.3) is 5.56 Å². The quantitative estimate of drug-likeness (QED) is 0.847. The minimum atomic E-state index is -4.57. The van der Waals surface area contributed by atoms with Gasteiger partial charge in [-0.1, -0.05) is 6.07 Å². The van der Waals surface area contributed by atoms with Gasteiger partial charge in [0.2, 0.25) is 0 Å². The molecule has 0 amide bonds. The summed E-state index contributed by atoms with van der Waals surface area (Å²) in [7, 11) is 0. The minimum Gasteiger partial charge on any atom is -0.300 e. The van der Waals surface area contributed by atoms with Gasteiger partial charge >= 0.3 is 6.18 Å². The van der Waals surface area contributed by atoms with Crippen LogP contribution in [0.1, 0.15) is 11.3 Å². The highest BCUT2D eigenvalue weighted by Crippen LogP contribution is 2.28. The third kappa shape index (κ3) is 3.23. The van der Waals surface area contributed by atoms with Crippen molar-refractivity contribution in [2.45, 2.75) is 12.7 Å². The molecule has 2 aromatic rings. The highest BCUT2D eigenvalue weighted by atomic mass is 79.9. The topological polar surface area (TPSA) is 34.9 Å². The Bertz CT molecular complexity index is 652. The summed E-state index contributed by atoms with van der Waals surface area (Å²) in [5.74, 6) is 0. The lowest BCUT2D eigenvalue weighted by molar-refractivity contribution is -0.144. The molecular formula is C12H8BrF3N2O. The summed E-state index contributed by atoms with van der Waals surface area (Å²) in [6.45, 7) is -0.180. The van der Waals surface area contributed by atoms with E-state index in [2.05, 4.69) is 20.9 Å². The molecule has 100 valence electrons. The van der Waals surface area contributed by atoms with Crippen molar-refractivity contribution in [1.82, 2.24) is 9.55 Å². The first kappa shape index (κ1) is 13.8. The highest BCUT2D eigenvalue weighted by molar-refractivity contribution is 9.10. The first-order valence-corrected chi connectivity index (χ1v) is 6.04. The summed E-state index contributed by atoms with van der Waals surface area (Å²) < 4.78 is 39.8. The molecule has 0 N–H and O–H groups in total. The van der Waals surface area contributed by atoms with Crippen molar-refractivity contribution >= 4 is 15.9 Å². The van der Waals surface area contributed by atoms with E-state index in [-0.39, 0.29) is 6.54 Å². The molecule has 0 aliphatic heterocycles. The normalized spacial score (nSPS) is 11.6. The van der Waals surface area contributed by atoms with E-state index in [9.17, 15) is 18.0 Å². The number of alkyl halides is 3. The molecular weight excluding hydrogens is 325 g/mol. The van der Waals surface area contributed by atoms with Gasteiger partial charge in [0, 0.05) is 22.9 Å². The maximum absolute atomic E-state index is 12.8. The van der Waals surface area contributed by atoms with E-state index in [1.54, 1.807) is 6.07 Å². The average molecular weight is 333 g/mol. The molecule has 19 heavy (non-hydrogen) atoms. The maximum Gasteiger partial charge on any atom is 0.431 e. The van der Waals surface area contributed by atoms with Crippen molar-refractivity contribution in [1.29, 1.82) is 0 Å². The van der Waals surface area contributed by atoms with Crippen molar-refractivity contribution in [3.63, 3.8) is 0 Å². The van der Waals surface area contributed by atoms with Gasteiger partial charge in [-0.25, -0.2) is 0 Å². The number of aromatic nitrogens is 2. The predicted molar refractivity (Wildman–Crippen MR) is 66.7 cm³/mol. The molecule has 2 heterocycles. The molecule has 0 unspecified atom stereocenters. The van der Waals surface area contributed by atoms with E-state index in [1.165, 1.54) is 12.4 Å². The van der Waals surface area contributed by atoms with Crippen LogP contribution in [0.3, 0.4) is 0 Å². The minimum absolute atomic E-state index is 0.180. The summed E-state index contributed by atoms with van der Waals surface area (Å²) in [6, 6.07) is 4.70. The van der Waals surface area contributed by atoms with Crippen molar-refractivity contribution in [2.24, 2.45) is 0 Å². The van der Waals surface area contributed by atoms with Crippen LogP contribution in [-0.2, 0) is 12.7 Å². The van der Waals surface area contributed by atoms with Gasteiger partial charge in [0.15, 0.2) is 0 Å². The fraction of sp³-hybridized carbons (Fsp3) is 0.167. The van der Waals surface area contributed by atoms with Gasteiger partial charge in [-0.05, 0) is 33.6 Å². The molecule has 0 bridgehead atoms. The first-order chi connectivity index (χ1) is 8.88. The SMILES string of the molecule is O=c1cccc(C(F)(F)F)n1Cc1cncc(Br)c1. The van der Waals surface area contributed by atoms with E-state index in [0.29, 0.717) is 14.6 Å². The Labute approximate surface area is 114 Å². The monoisotopic (exact) mass is 332 g/mol. The molecule has 7 heteroatoms. The predicted octanol–water partition coefficient (Wildman–Crippen LogP) is 3.07. The molecule has 2 rings (SSSR count). The van der Waals surface area contributed by atoms with Crippen molar-refractivity contribution in [3.8, 4) is 0 Å². The Morgan fingerprint density at radius 1 is 1.26 bits per heavy atom. The Balaban J connectivity index is 2.48. The Morgan fingerprint density at radius 2 is 2.00 bits per heavy atom. The van der Waals surface area contributed by atoms with Gasteiger partial charge in [0.1, 0.15) is 5.69 Å². The van der Waals surface area contributed by atoms with Crippen LogP contribution in [0.25, 0.3) is 0 Å². The molecule has 0 aliphatic carbocycles. The largest absolute Gasteiger partial charge is 0.431 e. The summed E-state index contributed by atoms with van der Waals surface area (Å²) in [5, 5.41) is 0. The lowest BCUT2D eigenvalue weighted by Crippen LogP contribution is -2.27. The average Bonchev–Trinajstić information content (AvgIpc) is 2.30. The maximum atomic E-state index is 12.8. The van der Waals surface area contributed by atoms with Crippen molar-refractivity contribution < 1.29 is 13.2 Å². The van der Waals surface area contributed by atoms with Crippen LogP contribution < -0.4 is 5.56 Å². The zero-order valence-electron chi connectivity index (χ0n) is 9.49. The lowest BCUT2D eigenvalue weighted by Gasteiger charge is -2.14. The van der Waals surface area contributed by atoms with Crippen LogP contribution in [-0.4, -0.2) is 9.55 Å². The van der Waals surface area contributed by atoms with Crippen LogP contribution in [0.2, 0.25) is 0 Å². The van der Waals surface area contributed by atoms with Crippen LogP contribution in [0.4, 0.5) is 13.2 Å². The molecule has 0 spiro atoms. The third-order valence-electron chi connectivity index (χ3n) is 2.44. The van der Waals surface area contributed by atoms with Gasteiger partial charge in [-0.3, -0.25) is 14.3 Å². The first-order valence-electron chi connectivity index (χ1n) is 5.24. The second-order valence-corrected chi connectivity index (χ2v) is 4.76. The second kappa shape index (κ2) is 5.16. The molecule has 0 atom stereocenters. The van der Waals surface area contributed by atoms with E-state index >= 15 is 0 Å². The summed E-state index contributed by atoms with van der Waals surface area (Å²) in [5.41, 5.74) is -1.16. The molecule has 3 nitrogen and oxygen atoms in total. The van der Waals surface area contributed by atoms with Gasteiger partial charge in [0.05, 0.1) is 6.54 Å². The molecule has 0 aliphatic rings. The van der Waals surface area contributed by atoms with Crippen LogP contribution in [0.5, 0.6) is 0 Å². The molecule has 0 fully saturated rings. The molecule has 0 saturated heterocycles. The van der Waals surface area contributed by atoms with Crippen LogP contribution >= 0.6 is 15.9 Å². The van der Waals surface area contributed by atoms with Gasteiger partial charge in [-0.2, -0.15) is 13.2 Å². The van der Waals surface area contributed by atoms with E-state index in [0.717, 1.165) is 18.2 Å². The van der Waals surface area contributed by atoms with Crippen LogP contribution in [0, 0.1) is 0 Å². The second-order valence-electron chi connectivity index (χ2n) is 3.84. The number of hydrogen-bond acceptors (Lipinski definition) is 2.